The van der Waals surface area contributed by atoms with Crippen molar-refractivity contribution in [2.24, 2.45) is 0 Å². The first kappa shape index (κ1) is 39.9. The molecule has 6 nitrogen and oxygen atoms in total. The summed E-state index contributed by atoms with van der Waals surface area (Å²) in [6.07, 6.45) is 3.64. The Morgan fingerprint density at radius 3 is 1.59 bits per heavy atom. The summed E-state index contributed by atoms with van der Waals surface area (Å²) in [5.74, 6) is 1.53. The first-order valence-electron chi connectivity index (χ1n) is 18.1. The molecule has 8 heteroatoms. The molecule has 2 heterocycles. The molecule has 2 aromatic rings. The first-order chi connectivity index (χ1) is 22.5. The summed E-state index contributed by atoms with van der Waals surface area (Å²) in [6, 6.07) is 9.16. The Morgan fingerprint density at radius 1 is 0.776 bits per heavy atom. The summed E-state index contributed by atoms with van der Waals surface area (Å²) < 4.78 is 5.87. The van der Waals surface area contributed by atoms with Crippen molar-refractivity contribution in [1.82, 2.24) is 9.80 Å². The van der Waals surface area contributed by atoms with E-state index < -0.39 is 0 Å². The topological polar surface area (TPSA) is 73.2 Å². The number of aromatic hydroxyl groups is 1. The van der Waals surface area contributed by atoms with E-state index in [1.165, 1.54) is 16.0 Å². The second kappa shape index (κ2) is 14.6. The molecule has 2 saturated heterocycles. The van der Waals surface area contributed by atoms with Gasteiger partial charge in [-0.05, 0) is 78.2 Å². The van der Waals surface area contributed by atoms with E-state index in [0.29, 0.717) is 25.4 Å². The molecule has 1 amide bonds. The smallest absolute Gasteiger partial charge is 0.236 e. The Hall–Kier alpha value is -1.87. The maximum atomic E-state index is 13.6. The van der Waals surface area contributed by atoms with Crippen molar-refractivity contribution in [1.29, 1.82) is 0 Å². The van der Waals surface area contributed by atoms with Gasteiger partial charge >= 0.3 is 0 Å². The lowest BCUT2D eigenvalue weighted by atomic mass is 9.79. The fourth-order valence-corrected chi connectivity index (χ4v) is 10.2. The molecule has 49 heavy (non-hydrogen) atoms. The molecule has 0 radical (unpaired) electrons. The molecule has 2 aromatic carbocycles. The van der Waals surface area contributed by atoms with Gasteiger partial charge in [0.1, 0.15) is 11.5 Å². The standard InChI is InChI=1S/C41H64N2O4S2/c1-37(2,3)30-21-28(22-31(35(30)46)38(4,5)6)48-41(16-19-42(20-17-41)34(45)25-43-18-14-15-27(43)26-44)49-29-23-32(39(7,8)9)36(47-13)33(24-29)40(10,11)12/h21-24,27,44,46H,14-20,25-26H2,1-13H3. The zero-order valence-electron chi connectivity index (χ0n) is 32.7. The second-order valence-electron chi connectivity index (χ2n) is 18.4. The van der Waals surface area contributed by atoms with Crippen LogP contribution in [0.25, 0.3) is 0 Å². The highest BCUT2D eigenvalue weighted by Crippen LogP contribution is 2.55. The number of rotatable bonds is 8. The molecule has 0 aromatic heterocycles. The number of carbonyl (C=O) groups is 1. The van der Waals surface area contributed by atoms with E-state index in [-0.39, 0.29) is 44.3 Å². The number of phenolic OH excluding ortho intramolecular Hbond substituents is 1. The summed E-state index contributed by atoms with van der Waals surface area (Å²) in [5.41, 5.74) is 3.67. The quantitative estimate of drug-likeness (QED) is 0.265. The van der Waals surface area contributed by atoms with E-state index >= 15 is 0 Å². The van der Waals surface area contributed by atoms with Gasteiger partial charge in [-0.3, -0.25) is 9.69 Å². The number of hydrogen-bond donors (Lipinski definition) is 2. The summed E-state index contributed by atoms with van der Waals surface area (Å²) >= 11 is 3.83. The number of aliphatic hydroxyl groups excluding tert-OH is 1. The Kier molecular flexibility index (Phi) is 11.9. The van der Waals surface area contributed by atoms with Crippen LogP contribution in [-0.4, -0.2) is 75.9 Å². The van der Waals surface area contributed by atoms with Gasteiger partial charge in [-0.15, -0.1) is 23.5 Å². The fraction of sp³-hybridized carbons (Fsp3) is 0.683. The summed E-state index contributed by atoms with van der Waals surface area (Å²) in [4.78, 5) is 20.2. The van der Waals surface area contributed by atoms with Crippen molar-refractivity contribution < 1.29 is 19.7 Å². The number of carbonyl (C=O) groups excluding carboxylic acids is 1. The third-order valence-corrected chi connectivity index (χ3v) is 13.1. The molecule has 2 N–H and O–H groups in total. The van der Waals surface area contributed by atoms with E-state index in [4.69, 9.17) is 4.74 Å². The zero-order valence-corrected chi connectivity index (χ0v) is 34.3. The van der Waals surface area contributed by atoms with E-state index in [0.717, 1.165) is 54.0 Å². The van der Waals surface area contributed by atoms with Crippen molar-refractivity contribution in [2.45, 2.75) is 150 Å². The number of nitrogens with zero attached hydrogens (tertiary/aromatic N) is 2. The Morgan fingerprint density at radius 2 is 1.20 bits per heavy atom. The van der Waals surface area contributed by atoms with Gasteiger partial charge in [0.05, 0.1) is 24.3 Å². The minimum Gasteiger partial charge on any atom is -0.507 e. The highest BCUT2D eigenvalue weighted by molar-refractivity contribution is 8.18. The van der Waals surface area contributed by atoms with Gasteiger partial charge in [-0.1, -0.05) is 83.1 Å². The molecule has 0 spiro atoms. The number of methoxy groups -OCH3 is 1. The minimum atomic E-state index is -0.238. The molecule has 2 aliphatic rings. The largest absolute Gasteiger partial charge is 0.507 e. The number of likely N-dealkylation sites (tertiary alicyclic amines) is 2. The normalized spacial score (nSPS) is 19.4. The third-order valence-electron chi connectivity index (χ3n) is 10.1. The Balaban J connectivity index is 1.78. The van der Waals surface area contributed by atoms with Crippen LogP contribution in [0.2, 0.25) is 0 Å². The molecule has 0 aliphatic carbocycles. The van der Waals surface area contributed by atoms with Crippen LogP contribution in [0.1, 0.15) is 131 Å². The maximum Gasteiger partial charge on any atom is 0.236 e. The van der Waals surface area contributed by atoms with Crippen LogP contribution in [0.5, 0.6) is 11.5 Å². The Labute approximate surface area is 306 Å². The van der Waals surface area contributed by atoms with Crippen molar-refractivity contribution >= 4 is 29.4 Å². The summed E-state index contributed by atoms with van der Waals surface area (Å²) in [6.45, 7) is 29.2. The maximum absolute atomic E-state index is 13.6. The number of benzene rings is 2. The molecule has 274 valence electrons. The van der Waals surface area contributed by atoms with Crippen LogP contribution in [0.15, 0.2) is 34.1 Å². The molecular weight excluding hydrogens is 649 g/mol. The van der Waals surface area contributed by atoms with E-state index in [1.807, 2.05) is 28.4 Å². The Bertz CT molecular complexity index is 1410. The molecule has 2 aliphatic heterocycles. The van der Waals surface area contributed by atoms with Gasteiger partial charge < -0.3 is 19.8 Å². The van der Waals surface area contributed by atoms with E-state index in [2.05, 4.69) is 112 Å². The van der Waals surface area contributed by atoms with Gasteiger partial charge in [0, 0.05) is 51.2 Å². The summed E-state index contributed by atoms with van der Waals surface area (Å²) in [5, 5.41) is 21.4. The summed E-state index contributed by atoms with van der Waals surface area (Å²) in [7, 11) is 1.78. The number of piperidine rings is 1. The minimum absolute atomic E-state index is 0.0894. The number of amides is 1. The van der Waals surface area contributed by atoms with Crippen molar-refractivity contribution in [2.75, 3.05) is 39.9 Å². The van der Waals surface area contributed by atoms with Crippen LogP contribution in [0.4, 0.5) is 0 Å². The van der Waals surface area contributed by atoms with Gasteiger partial charge in [0.2, 0.25) is 5.91 Å². The molecule has 4 rings (SSSR count). The lowest BCUT2D eigenvalue weighted by molar-refractivity contribution is -0.133. The number of thioether (sulfide) groups is 2. The lowest BCUT2D eigenvalue weighted by Gasteiger charge is -2.42. The monoisotopic (exact) mass is 712 g/mol. The SMILES string of the molecule is COc1c(C(C)(C)C)cc(SC2(Sc3cc(C(C)(C)C)c(O)c(C(C)(C)C)c3)CCN(C(=O)CN3CCCC3CO)CC2)cc1C(C)(C)C. The zero-order chi connectivity index (χ0) is 36.7. The lowest BCUT2D eigenvalue weighted by Crippen LogP contribution is -2.48. The van der Waals surface area contributed by atoms with Gasteiger partial charge in [0.25, 0.3) is 0 Å². The second-order valence-corrected chi connectivity index (χ2v) is 21.5. The average Bonchev–Trinajstić information content (AvgIpc) is 3.42. The molecule has 1 atom stereocenters. The van der Waals surface area contributed by atoms with Crippen LogP contribution in [-0.2, 0) is 26.5 Å². The van der Waals surface area contributed by atoms with Crippen LogP contribution in [0.3, 0.4) is 0 Å². The number of phenols is 1. The van der Waals surface area contributed by atoms with Crippen LogP contribution >= 0.6 is 23.5 Å². The van der Waals surface area contributed by atoms with Crippen molar-refractivity contribution in [3.05, 3.63) is 46.5 Å². The third kappa shape index (κ3) is 9.33. The van der Waals surface area contributed by atoms with E-state index in [9.17, 15) is 15.0 Å². The number of hydrogen-bond acceptors (Lipinski definition) is 7. The number of aliphatic hydroxyl groups is 1. The molecular formula is C41H64N2O4S2. The average molecular weight is 713 g/mol. The highest BCUT2D eigenvalue weighted by atomic mass is 32.2. The van der Waals surface area contributed by atoms with Crippen LogP contribution < -0.4 is 4.74 Å². The predicted octanol–water partition coefficient (Wildman–Crippen LogP) is 9.25. The van der Waals surface area contributed by atoms with Crippen molar-refractivity contribution in [3.8, 4) is 11.5 Å². The van der Waals surface area contributed by atoms with Crippen molar-refractivity contribution in [3.63, 3.8) is 0 Å². The molecule has 0 saturated carbocycles. The molecule has 0 bridgehead atoms. The van der Waals surface area contributed by atoms with Gasteiger partial charge in [-0.25, -0.2) is 0 Å². The number of ether oxygens (including phenoxy) is 1. The highest BCUT2D eigenvalue weighted by Gasteiger charge is 2.41. The van der Waals surface area contributed by atoms with Gasteiger partial charge in [0.15, 0.2) is 0 Å². The van der Waals surface area contributed by atoms with Crippen LogP contribution in [0, 0.1) is 0 Å². The fourth-order valence-electron chi connectivity index (χ4n) is 7.14. The molecule has 2 fully saturated rings. The first-order valence-corrected chi connectivity index (χ1v) is 19.7. The van der Waals surface area contributed by atoms with Gasteiger partial charge in [-0.2, -0.15) is 0 Å². The molecule has 1 unspecified atom stereocenters. The predicted molar refractivity (Wildman–Crippen MR) is 208 cm³/mol. The van der Waals surface area contributed by atoms with E-state index in [1.54, 1.807) is 7.11 Å².